The largest absolute Gasteiger partial charge is 0.490 e. The summed E-state index contributed by atoms with van der Waals surface area (Å²) in [7, 11) is 0. The van der Waals surface area contributed by atoms with Gasteiger partial charge in [0.2, 0.25) is 0 Å². The predicted molar refractivity (Wildman–Crippen MR) is 81.6 cm³/mol. The number of hydrogen-bond acceptors (Lipinski definition) is 1. The molecule has 2 aliphatic rings. The van der Waals surface area contributed by atoms with Crippen LogP contribution >= 0.6 is 0 Å². The minimum Gasteiger partial charge on any atom is -0.490 e. The predicted octanol–water partition coefficient (Wildman–Crippen LogP) is 5.64. The van der Waals surface area contributed by atoms with Gasteiger partial charge in [0.1, 0.15) is 11.9 Å². The third-order valence-corrected chi connectivity index (χ3v) is 2.90. The summed E-state index contributed by atoms with van der Waals surface area (Å²) in [5.41, 5.74) is 1.37. The smallest absolute Gasteiger partial charge is 0.122 e. The molecule has 0 saturated heterocycles. The maximum atomic E-state index is 5.97. The lowest BCUT2D eigenvalue weighted by molar-refractivity contribution is 0.0636. The maximum absolute atomic E-state index is 5.97. The van der Waals surface area contributed by atoms with Crippen LogP contribution in [0.4, 0.5) is 0 Å². The van der Waals surface area contributed by atoms with Crippen LogP contribution in [0.3, 0.4) is 0 Å². The van der Waals surface area contributed by atoms with Gasteiger partial charge in [-0.3, -0.25) is 0 Å². The molecule has 0 aromatic carbocycles. The molecule has 0 aromatic heterocycles. The van der Waals surface area contributed by atoms with Crippen LogP contribution < -0.4 is 0 Å². The van der Waals surface area contributed by atoms with Crippen molar-refractivity contribution in [1.29, 1.82) is 0 Å². The second-order valence-corrected chi connectivity index (χ2v) is 4.37. The van der Waals surface area contributed by atoms with Crippen LogP contribution in [0.15, 0.2) is 35.6 Å². The summed E-state index contributed by atoms with van der Waals surface area (Å²) in [6, 6.07) is 0. The summed E-state index contributed by atoms with van der Waals surface area (Å²) in [6.45, 7) is 12.5. The standard InChI is InChI=1S/C13H18O.2C2H6/c1-10(2)12-9-8-11-6-4-3-5-7-13(11)14-12;2*1-2/h4-7,10,12H,3,8-9H2,1-2H3;2*1-2H3. The average molecular weight is 250 g/mol. The van der Waals surface area contributed by atoms with Gasteiger partial charge in [0.25, 0.3) is 0 Å². The van der Waals surface area contributed by atoms with Gasteiger partial charge in [-0.05, 0) is 36.8 Å². The number of hydrogen-bond donors (Lipinski definition) is 0. The Morgan fingerprint density at radius 3 is 2.28 bits per heavy atom. The highest BCUT2D eigenvalue weighted by Gasteiger charge is 2.22. The zero-order valence-corrected chi connectivity index (χ0v) is 13.0. The van der Waals surface area contributed by atoms with Crippen LogP contribution in [-0.4, -0.2) is 6.10 Å². The maximum Gasteiger partial charge on any atom is 0.122 e. The van der Waals surface area contributed by atoms with E-state index in [0.717, 1.165) is 18.6 Å². The number of allylic oxidation sites excluding steroid dienone is 5. The lowest BCUT2D eigenvalue weighted by Crippen LogP contribution is -2.23. The van der Waals surface area contributed by atoms with Gasteiger partial charge in [-0.2, -0.15) is 0 Å². The molecule has 1 atom stereocenters. The first-order valence-electron chi connectivity index (χ1n) is 7.50. The zero-order chi connectivity index (χ0) is 14.0. The monoisotopic (exact) mass is 250 g/mol. The van der Waals surface area contributed by atoms with Crippen LogP contribution in [0.5, 0.6) is 0 Å². The summed E-state index contributed by atoms with van der Waals surface area (Å²) in [5.74, 6) is 1.72. The Bertz CT molecular complexity index is 295. The zero-order valence-electron chi connectivity index (χ0n) is 13.0. The third kappa shape index (κ3) is 5.12. The van der Waals surface area contributed by atoms with Gasteiger partial charge in [-0.1, -0.05) is 59.8 Å². The van der Waals surface area contributed by atoms with Crippen molar-refractivity contribution in [3.63, 3.8) is 0 Å². The van der Waals surface area contributed by atoms with E-state index in [1.807, 2.05) is 27.7 Å². The molecule has 0 amide bonds. The summed E-state index contributed by atoms with van der Waals surface area (Å²) in [6.07, 6.45) is 12.5. The molecule has 104 valence electrons. The third-order valence-electron chi connectivity index (χ3n) is 2.90. The van der Waals surface area contributed by atoms with Crippen LogP contribution in [0.25, 0.3) is 0 Å². The Labute approximate surface area is 114 Å². The molecule has 0 bridgehead atoms. The van der Waals surface area contributed by atoms with E-state index < -0.39 is 0 Å². The summed E-state index contributed by atoms with van der Waals surface area (Å²) in [5, 5.41) is 0. The number of ether oxygens (including phenoxy) is 1. The normalized spacial score (nSPS) is 20.9. The molecule has 0 fully saturated rings. The fourth-order valence-corrected chi connectivity index (χ4v) is 1.96. The van der Waals surface area contributed by atoms with Crippen LogP contribution in [-0.2, 0) is 4.74 Å². The van der Waals surface area contributed by atoms with Crippen molar-refractivity contribution in [2.24, 2.45) is 5.92 Å². The molecule has 1 nitrogen and oxygen atoms in total. The van der Waals surface area contributed by atoms with Crippen molar-refractivity contribution >= 4 is 0 Å². The molecule has 18 heavy (non-hydrogen) atoms. The van der Waals surface area contributed by atoms with Gasteiger partial charge < -0.3 is 4.74 Å². The fourth-order valence-electron chi connectivity index (χ4n) is 1.96. The van der Waals surface area contributed by atoms with E-state index in [9.17, 15) is 0 Å². The van der Waals surface area contributed by atoms with E-state index in [4.69, 9.17) is 4.74 Å². The highest BCUT2D eigenvalue weighted by molar-refractivity contribution is 5.33. The Kier molecular flexibility index (Phi) is 9.45. The molecule has 1 aliphatic carbocycles. The minimum absolute atomic E-state index is 0.407. The molecule has 1 aliphatic heterocycles. The highest BCUT2D eigenvalue weighted by Crippen LogP contribution is 2.30. The molecule has 0 saturated carbocycles. The van der Waals surface area contributed by atoms with Gasteiger partial charge in [0, 0.05) is 0 Å². The van der Waals surface area contributed by atoms with Crippen LogP contribution in [0.2, 0.25) is 0 Å². The Morgan fingerprint density at radius 1 is 1.06 bits per heavy atom. The quantitative estimate of drug-likeness (QED) is 0.585. The van der Waals surface area contributed by atoms with Crippen LogP contribution in [0, 0.1) is 5.92 Å². The molecular weight excluding hydrogens is 220 g/mol. The van der Waals surface area contributed by atoms with Crippen LogP contribution in [0.1, 0.15) is 60.8 Å². The van der Waals surface area contributed by atoms with E-state index in [0.29, 0.717) is 12.0 Å². The van der Waals surface area contributed by atoms with Crippen molar-refractivity contribution in [2.75, 3.05) is 0 Å². The molecule has 1 unspecified atom stereocenters. The lowest BCUT2D eigenvalue weighted by atomic mass is 9.95. The van der Waals surface area contributed by atoms with E-state index in [1.165, 1.54) is 12.0 Å². The first kappa shape index (κ1) is 17.0. The molecular formula is C17H30O. The molecule has 0 N–H and O–H groups in total. The lowest BCUT2D eigenvalue weighted by Gasteiger charge is -2.28. The minimum atomic E-state index is 0.407. The van der Waals surface area contributed by atoms with Crippen molar-refractivity contribution in [3.05, 3.63) is 35.6 Å². The molecule has 0 spiro atoms. The van der Waals surface area contributed by atoms with Crippen molar-refractivity contribution in [1.82, 2.24) is 0 Å². The Morgan fingerprint density at radius 2 is 1.67 bits per heavy atom. The van der Waals surface area contributed by atoms with Gasteiger partial charge >= 0.3 is 0 Å². The SMILES string of the molecule is CC.CC.CC(C)C1CCC2=C(C=CCC=C2)O1. The molecule has 1 heterocycles. The van der Waals surface area contributed by atoms with E-state index in [2.05, 4.69) is 38.2 Å². The average Bonchev–Trinajstić information content (AvgIpc) is 2.67. The summed E-state index contributed by atoms with van der Waals surface area (Å²) >= 11 is 0. The molecule has 0 radical (unpaired) electrons. The summed E-state index contributed by atoms with van der Waals surface area (Å²) in [4.78, 5) is 0. The van der Waals surface area contributed by atoms with Gasteiger partial charge in [0.15, 0.2) is 0 Å². The van der Waals surface area contributed by atoms with Gasteiger partial charge in [-0.25, -0.2) is 0 Å². The Hall–Kier alpha value is -0.980. The van der Waals surface area contributed by atoms with Crippen molar-refractivity contribution in [3.8, 4) is 0 Å². The Balaban J connectivity index is 0.000000659. The fraction of sp³-hybridized carbons (Fsp3) is 0.647. The van der Waals surface area contributed by atoms with E-state index >= 15 is 0 Å². The molecule has 1 heteroatoms. The first-order valence-corrected chi connectivity index (χ1v) is 7.50. The second kappa shape index (κ2) is 9.99. The molecule has 2 rings (SSSR count). The first-order chi connectivity index (χ1) is 8.77. The topological polar surface area (TPSA) is 9.23 Å². The highest BCUT2D eigenvalue weighted by atomic mass is 16.5. The molecule has 0 aromatic rings. The van der Waals surface area contributed by atoms with Crippen molar-refractivity contribution < 1.29 is 4.74 Å². The number of rotatable bonds is 1. The second-order valence-electron chi connectivity index (χ2n) is 4.37. The van der Waals surface area contributed by atoms with Crippen molar-refractivity contribution in [2.45, 2.75) is 66.9 Å². The van der Waals surface area contributed by atoms with E-state index in [1.54, 1.807) is 0 Å². The van der Waals surface area contributed by atoms with Gasteiger partial charge in [-0.15, -0.1) is 0 Å². The van der Waals surface area contributed by atoms with E-state index in [-0.39, 0.29) is 0 Å². The van der Waals surface area contributed by atoms with Gasteiger partial charge in [0.05, 0.1) is 0 Å². The summed E-state index contributed by atoms with van der Waals surface area (Å²) < 4.78 is 5.97.